The van der Waals surface area contributed by atoms with E-state index in [-0.39, 0.29) is 17.2 Å². The van der Waals surface area contributed by atoms with Crippen LogP contribution in [-0.2, 0) is 0 Å². The molecule has 32 heavy (non-hydrogen) atoms. The maximum absolute atomic E-state index is 13.0. The van der Waals surface area contributed by atoms with Crippen LogP contribution in [0.1, 0.15) is 21.5 Å². The highest BCUT2D eigenvalue weighted by atomic mass is 16.3. The van der Waals surface area contributed by atoms with Crippen molar-refractivity contribution in [1.29, 1.82) is 0 Å². The summed E-state index contributed by atoms with van der Waals surface area (Å²) in [5.41, 5.74) is 5.07. The van der Waals surface area contributed by atoms with E-state index in [0.29, 0.717) is 33.1 Å². The highest BCUT2D eigenvalue weighted by molar-refractivity contribution is 6.10. The van der Waals surface area contributed by atoms with Crippen molar-refractivity contribution in [2.24, 2.45) is 0 Å². The van der Waals surface area contributed by atoms with Gasteiger partial charge in [0.2, 0.25) is 0 Å². The van der Waals surface area contributed by atoms with Gasteiger partial charge in [0, 0.05) is 22.8 Å². The second-order valence-electron chi connectivity index (χ2n) is 7.80. The molecular formula is C25H20N4O3. The summed E-state index contributed by atoms with van der Waals surface area (Å²) in [6.45, 7) is 4.03. The number of aromatic amines is 1. The molecule has 0 atom stereocenters. The van der Waals surface area contributed by atoms with Crippen LogP contribution in [0.4, 0.5) is 5.69 Å². The maximum atomic E-state index is 13.0. The minimum atomic E-state index is -0.300. The molecule has 3 aromatic carbocycles. The number of aromatic nitrogens is 3. The molecular weight excluding hydrogens is 404 g/mol. The topological polar surface area (TPSA) is 100 Å². The fourth-order valence-corrected chi connectivity index (χ4v) is 3.69. The van der Waals surface area contributed by atoms with Crippen LogP contribution >= 0.6 is 0 Å². The summed E-state index contributed by atoms with van der Waals surface area (Å²) < 4.78 is 1.50. The fourth-order valence-electron chi connectivity index (χ4n) is 3.69. The van der Waals surface area contributed by atoms with E-state index < -0.39 is 0 Å². The zero-order valence-electron chi connectivity index (χ0n) is 17.5. The number of nitrogens with zero attached hydrogens (tertiary/aromatic N) is 2. The monoisotopic (exact) mass is 424 g/mol. The number of pyridine rings is 1. The number of aromatic hydroxyl groups is 1. The molecule has 0 saturated heterocycles. The van der Waals surface area contributed by atoms with Gasteiger partial charge in [-0.1, -0.05) is 6.07 Å². The number of phenolic OH excluding ortho intramolecular Hbond substituents is 1. The van der Waals surface area contributed by atoms with Crippen molar-refractivity contribution in [3.63, 3.8) is 0 Å². The number of phenols is 1. The number of carbonyl (C=O) groups is 1. The Morgan fingerprint density at radius 3 is 2.50 bits per heavy atom. The lowest BCUT2D eigenvalue weighted by molar-refractivity contribution is 0.102. The number of aryl methyl sites for hydroxylation is 2. The predicted octanol–water partition coefficient (Wildman–Crippen LogP) is 4.44. The molecule has 1 amide bonds. The molecule has 0 saturated carbocycles. The minimum absolute atomic E-state index is 0.124. The summed E-state index contributed by atoms with van der Waals surface area (Å²) in [5, 5.41) is 16.5. The number of nitrogens with one attached hydrogen (secondary N) is 2. The zero-order valence-corrected chi connectivity index (χ0v) is 17.5. The van der Waals surface area contributed by atoms with Gasteiger partial charge in [-0.05, 0) is 79.6 Å². The normalized spacial score (nSPS) is 11.2. The van der Waals surface area contributed by atoms with Crippen LogP contribution in [0.5, 0.6) is 5.75 Å². The Hall–Kier alpha value is -4.39. The Labute approximate surface area is 182 Å². The lowest BCUT2D eigenvalue weighted by atomic mass is 10.1. The molecule has 0 bridgehead atoms. The van der Waals surface area contributed by atoms with Crippen molar-refractivity contribution in [3.05, 3.63) is 93.9 Å². The Bertz CT molecular complexity index is 1560. The van der Waals surface area contributed by atoms with Gasteiger partial charge >= 0.3 is 0 Å². The van der Waals surface area contributed by atoms with E-state index in [0.717, 1.165) is 16.8 Å². The SMILES string of the molecule is Cc1ccc(-n2[nH]c3c(cnc4ccc(C(=O)Nc5ccc(O)cc5)cc43)c2=O)cc1C. The molecule has 0 unspecified atom stereocenters. The van der Waals surface area contributed by atoms with Crippen LogP contribution in [0.2, 0.25) is 0 Å². The molecule has 0 aliphatic carbocycles. The van der Waals surface area contributed by atoms with E-state index in [1.807, 2.05) is 32.0 Å². The smallest absolute Gasteiger partial charge is 0.280 e. The lowest BCUT2D eigenvalue weighted by Gasteiger charge is -2.07. The molecule has 0 aliphatic rings. The van der Waals surface area contributed by atoms with Crippen molar-refractivity contribution in [2.75, 3.05) is 5.32 Å². The first-order valence-electron chi connectivity index (χ1n) is 10.1. The second-order valence-corrected chi connectivity index (χ2v) is 7.80. The number of rotatable bonds is 3. The molecule has 158 valence electrons. The standard InChI is InChI=1S/C25H20N4O3/c1-14-3-7-18(11-15(14)2)29-25(32)21-13-26-22-10-4-16(12-20(22)23(21)28-29)24(31)27-17-5-8-19(30)9-6-17/h3-13,28,30H,1-2H3,(H,27,31). The average Bonchev–Trinajstić information content (AvgIpc) is 3.14. The molecule has 7 nitrogen and oxygen atoms in total. The van der Waals surface area contributed by atoms with Gasteiger partial charge in [0.15, 0.2) is 0 Å². The third kappa shape index (κ3) is 3.30. The highest BCUT2D eigenvalue weighted by Crippen LogP contribution is 2.24. The predicted molar refractivity (Wildman–Crippen MR) is 125 cm³/mol. The number of hydrogen-bond acceptors (Lipinski definition) is 4. The molecule has 3 N–H and O–H groups in total. The third-order valence-electron chi connectivity index (χ3n) is 5.66. The molecule has 0 spiro atoms. The average molecular weight is 424 g/mol. The summed E-state index contributed by atoms with van der Waals surface area (Å²) in [7, 11) is 0. The van der Waals surface area contributed by atoms with Crippen molar-refractivity contribution >= 4 is 33.4 Å². The van der Waals surface area contributed by atoms with Crippen molar-refractivity contribution in [1.82, 2.24) is 14.8 Å². The largest absolute Gasteiger partial charge is 0.508 e. The summed E-state index contributed by atoms with van der Waals surface area (Å²) >= 11 is 0. The fraction of sp³-hybridized carbons (Fsp3) is 0.0800. The van der Waals surface area contributed by atoms with Crippen molar-refractivity contribution < 1.29 is 9.90 Å². The first kappa shape index (κ1) is 19.6. The van der Waals surface area contributed by atoms with Crippen molar-refractivity contribution in [3.8, 4) is 11.4 Å². The Morgan fingerprint density at radius 1 is 0.969 bits per heavy atom. The molecule has 5 rings (SSSR count). The number of hydrogen-bond donors (Lipinski definition) is 3. The maximum Gasteiger partial charge on any atom is 0.280 e. The summed E-state index contributed by atoms with van der Waals surface area (Å²) in [6, 6.07) is 17.2. The quantitative estimate of drug-likeness (QED) is 0.373. The van der Waals surface area contributed by atoms with Crippen LogP contribution in [0.3, 0.4) is 0 Å². The Morgan fingerprint density at radius 2 is 1.75 bits per heavy atom. The van der Waals surface area contributed by atoms with Crippen LogP contribution in [-0.4, -0.2) is 25.8 Å². The van der Waals surface area contributed by atoms with Gasteiger partial charge in [-0.2, -0.15) is 0 Å². The van der Waals surface area contributed by atoms with E-state index >= 15 is 0 Å². The first-order valence-corrected chi connectivity index (χ1v) is 10.1. The van der Waals surface area contributed by atoms with Gasteiger partial charge in [0.05, 0.1) is 22.1 Å². The highest BCUT2D eigenvalue weighted by Gasteiger charge is 2.15. The molecule has 0 radical (unpaired) electrons. The van der Waals surface area contributed by atoms with Gasteiger partial charge in [-0.15, -0.1) is 0 Å². The molecule has 2 aromatic heterocycles. The number of fused-ring (bicyclic) bond motifs is 3. The molecule has 2 heterocycles. The Kier molecular flexibility index (Phi) is 4.52. The van der Waals surface area contributed by atoms with Gasteiger partial charge in [-0.25, -0.2) is 4.68 Å². The zero-order chi connectivity index (χ0) is 22.4. The van der Waals surface area contributed by atoms with E-state index in [4.69, 9.17) is 0 Å². The summed E-state index contributed by atoms with van der Waals surface area (Å²) in [5.74, 6) is -0.176. The van der Waals surface area contributed by atoms with E-state index in [1.165, 1.54) is 16.8 Å². The third-order valence-corrected chi connectivity index (χ3v) is 5.66. The number of anilines is 1. The second kappa shape index (κ2) is 7.39. The van der Waals surface area contributed by atoms with Crippen LogP contribution < -0.4 is 10.9 Å². The summed E-state index contributed by atoms with van der Waals surface area (Å²) in [6.07, 6.45) is 1.56. The summed E-state index contributed by atoms with van der Waals surface area (Å²) in [4.78, 5) is 30.2. The molecule has 0 fully saturated rings. The van der Waals surface area contributed by atoms with E-state index in [1.54, 1.807) is 36.5 Å². The van der Waals surface area contributed by atoms with Crippen LogP contribution in [0.15, 0.2) is 71.7 Å². The van der Waals surface area contributed by atoms with Gasteiger partial charge < -0.3 is 10.4 Å². The lowest BCUT2D eigenvalue weighted by Crippen LogP contribution is -2.14. The van der Waals surface area contributed by atoms with E-state index in [9.17, 15) is 14.7 Å². The van der Waals surface area contributed by atoms with E-state index in [2.05, 4.69) is 15.4 Å². The molecule has 0 aliphatic heterocycles. The van der Waals surface area contributed by atoms with Gasteiger partial charge in [0.25, 0.3) is 11.5 Å². The molecule has 5 aromatic rings. The number of benzene rings is 3. The number of carbonyl (C=O) groups excluding carboxylic acids is 1. The first-order chi connectivity index (χ1) is 15.4. The van der Waals surface area contributed by atoms with Crippen LogP contribution in [0, 0.1) is 13.8 Å². The number of H-pyrrole nitrogens is 1. The van der Waals surface area contributed by atoms with Gasteiger partial charge in [0.1, 0.15) is 5.75 Å². The number of amides is 1. The van der Waals surface area contributed by atoms with Crippen molar-refractivity contribution in [2.45, 2.75) is 13.8 Å². The van der Waals surface area contributed by atoms with Crippen LogP contribution in [0.25, 0.3) is 27.5 Å². The minimum Gasteiger partial charge on any atom is -0.508 e. The molecule has 7 heteroatoms. The van der Waals surface area contributed by atoms with Gasteiger partial charge in [-0.3, -0.25) is 19.7 Å². The Balaban J connectivity index is 1.60.